The summed E-state index contributed by atoms with van der Waals surface area (Å²) in [6.07, 6.45) is 0. The maximum Gasteiger partial charge on any atom is 0.225 e. The van der Waals surface area contributed by atoms with Crippen molar-refractivity contribution in [1.82, 2.24) is 9.97 Å². The first-order chi connectivity index (χ1) is 10.7. The topological polar surface area (TPSA) is 32.3 Å². The Morgan fingerprint density at radius 3 is 1.95 bits per heavy atom. The predicted octanol–water partition coefficient (Wildman–Crippen LogP) is 2.67. The monoisotopic (exact) mass is 294 g/mol. The highest BCUT2D eigenvalue weighted by atomic mass is 15.3. The Morgan fingerprint density at radius 2 is 1.36 bits per heavy atom. The normalized spacial score (nSPS) is 23.9. The van der Waals surface area contributed by atoms with Crippen LogP contribution in [0.4, 0.5) is 11.6 Å². The van der Waals surface area contributed by atoms with Crippen molar-refractivity contribution in [1.29, 1.82) is 0 Å². The fourth-order valence-corrected chi connectivity index (χ4v) is 3.85. The van der Waals surface area contributed by atoms with Gasteiger partial charge < -0.3 is 9.80 Å². The molecule has 2 aliphatic rings. The van der Waals surface area contributed by atoms with E-state index in [4.69, 9.17) is 0 Å². The number of aryl methyl sites for hydroxylation is 2. The third-order valence-electron chi connectivity index (χ3n) is 4.86. The number of aromatic nitrogens is 2. The van der Waals surface area contributed by atoms with Crippen molar-refractivity contribution in [2.45, 2.75) is 13.8 Å². The zero-order valence-corrected chi connectivity index (χ0v) is 13.2. The molecule has 4 heteroatoms. The molecular weight excluding hydrogens is 272 g/mol. The van der Waals surface area contributed by atoms with Gasteiger partial charge in [0.2, 0.25) is 5.95 Å². The molecule has 2 fully saturated rings. The highest BCUT2D eigenvalue weighted by Crippen LogP contribution is 2.35. The van der Waals surface area contributed by atoms with E-state index in [-0.39, 0.29) is 0 Å². The number of hydrogen-bond donors (Lipinski definition) is 0. The second-order valence-electron chi connectivity index (χ2n) is 6.62. The van der Waals surface area contributed by atoms with Crippen molar-refractivity contribution >= 4 is 11.6 Å². The van der Waals surface area contributed by atoms with Gasteiger partial charge in [-0.1, -0.05) is 18.2 Å². The van der Waals surface area contributed by atoms with Crippen LogP contribution in [-0.2, 0) is 0 Å². The first-order valence-electron chi connectivity index (χ1n) is 8.06. The van der Waals surface area contributed by atoms with Gasteiger partial charge in [-0.05, 0) is 32.0 Å². The number of fused-ring (bicyclic) bond motifs is 1. The van der Waals surface area contributed by atoms with Gasteiger partial charge in [0, 0.05) is 55.1 Å². The minimum absolute atomic E-state index is 0.727. The summed E-state index contributed by atoms with van der Waals surface area (Å²) in [5, 5.41) is 0. The summed E-state index contributed by atoms with van der Waals surface area (Å²) in [4.78, 5) is 14.1. The van der Waals surface area contributed by atoms with E-state index in [2.05, 4.69) is 50.1 Å². The van der Waals surface area contributed by atoms with Crippen LogP contribution in [0.3, 0.4) is 0 Å². The Balaban J connectivity index is 1.47. The summed E-state index contributed by atoms with van der Waals surface area (Å²) in [5.74, 6) is 2.37. The van der Waals surface area contributed by atoms with Crippen LogP contribution in [0.1, 0.15) is 11.4 Å². The second-order valence-corrected chi connectivity index (χ2v) is 6.62. The smallest absolute Gasteiger partial charge is 0.225 e. The van der Waals surface area contributed by atoms with Gasteiger partial charge in [-0.25, -0.2) is 9.97 Å². The SMILES string of the molecule is Cc1cc(C)nc(N2CC3CN(c4ccccc4)CC3C2)n1. The molecule has 0 amide bonds. The molecule has 4 nitrogen and oxygen atoms in total. The van der Waals surface area contributed by atoms with Crippen molar-refractivity contribution in [3.63, 3.8) is 0 Å². The molecule has 22 heavy (non-hydrogen) atoms. The number of para-hydroxylation sites is 1. The molecule has 2 unspecified atom stereocenters. The number of hydrogen-bond acceptors (Lipinski definition) is 4. The summed E-state index contributed by atoms with van der Waals surface area (Å²) in [6.45, 7) is 8.55. The van der Waals surface area contributed by atoms with E-state index in [1.54, 1.807) is 0 Å². The van der Waals surface area contributed by atoms with Crippen LogP contribution in [0.25, 0.3) is 0 Å². The summed E-state index contributed by atoms with van der Waals surface area (Å²) >= 11 is 0. The lowest BCUT2D eigenvalue weighted by molar-refractivity contribution is 0.533. The van der Waals surface area contributed by atoms with E-state index in [0.717, 1.165) is 55.4 Å². The molecule has 0 N–H and O–H groups in total. The molecule has 3 heterocycles. The lowest BCUT2D eigenvalue weighted by Gasteiger charge is -2.23. The lowest BCUT2D eigenvalue weighted by atomic mass is 10.0. The molecule has 2 aliphatic heterocycles. The number of nitrogens with zero attached hydrogens (tertiary/aromatic N) is 4. The standard InChI is InChI=1S/C18H22N4/c1-13-8-14(2)20-18(19-13)22-11-15-9-21(10-16(15)12-22)17-6-4-3-5-7-17/h3-8,15-16H,9-12H2,1-2H3. The van der Waals surface area contributed by atoms with Crippen LogP contribution in [0.2, 0.25) is 0 Å². The Hall–Kier alpha value is -2.10. The fraction of sp³-hybridized carbons (Fsp3) is 0.444. The largest absolute Gasteiger partial charge is 0.371 e. The first-order valence-corrected chi connectivity index (χ1v) is 8.06. The fourth-order valence-electron chi connectivity index (χ4n) is 3.85. The first kappa shape index (κ1) is 13.6. The molecule has 2 aromatic rings. The van der Waals surface area contributed by atoms with E-state index < -0.39 is 0 Å². The van der Waals surface area contributed by atoms with Crippen molar-refractivity contribution in [3.05, 3.63) is 47.8 Å². The maximum atomic E-state index is 4.62. The zero-order chi connectivity index (χ0) is 15.1. The van der Waals surface area contributed by atoms with Crippen molar-refractivity contribution in [2.24, 2.45) is 11.8 Å². The van der Waals surface area contributed by atoms with Crippen LogP contribution < -0.4 is 9.80 Å². The highest BCUT2D eigenvalue weighted by Gasteiger charge is 2.40. The lowest BCUT2D eigenvalue weighted by Crippen LogP contribution is -2.29. The molecule has 4 rings (SSSR count). The third kappa shape index (κ3) is 2.43. The Morgan fingerprint density at radius 1 is 0.818 bits per heavy atom. The Bertz CT molecular complexity index is 636. The molecule has 0 radical (unpaired) electrons. The maximum absolute atomic E-state index is 4.62. The van der Waals surface area contributed by atoms with Crippen LogP contribution >= 0.6 is 0 Å². The van der Waals surface area contributed by atoms with Gasteiger partial charge in [-0.15, -0.1) is 0 Å². The van der Waals surface area contributed by atoms with Crippen LogP contribution in [-0.4, -0.2) is 36.1 Å². The minimum Gasteiger partial charge on any atom is -0.371 e. The predicted molar refractivity (Wildman–Crippen MR) is 89.4 cm³/mol. The molecule has 114 valence electrons. The number of benzene rings is 1. The van der Waals surface area contributed by atoms with Crippen LogP contribution in [0, 0.1) is 25.7 Å². The molecular formula is C18H22N4. The van der Waals surface area contributed by atoms with E-state index in [9.17, 15) is 0 Å². The van der Waals surface area contributed by atoms with Crippen molar-refractivity contribution in [3.8, 4) is 0 Å². The van der Waals surface area contributed by atoms with Gasteiger partial charge in [0.25, 0.3) is 0 Å². The number of rotatable bonds is 2. The molecule has 1 aromatic carbocycles. The average molecular weight is 294 g/mol. The molecule has 0 aliphatic carbocycles. The van der Waals surface area contributed by atoms with Gasteiger partial charge in [0.05, 0.1) is 0 Å². The third-order valence-corrected chi connectivity index (χ3v) is 4.86. The van der Waals surface area contributed by atoms with Crippen LogP contribution in [0.15, 0.2) is 36.4 Å². The van der Waals surface area contributed by atoms with E-state index in [1.807, 2.05) is 19.9 Å². The quantitative estimate of drug-likeness (QED) is 0.852. The highest BCUT2D eigenvalue weighted by molar-refractivity contribution is 5.48. The second kappa shape index (κ2) is 5.27. The Kier molecular flexibility index (Phi) is 3.25. The van der Waals surface area contributed by atoms with E-state index in [1.165, 1.54) is 5.69 Å². The molecule has 0 spiro atoms. The van der Waals surface area contributed by atoms with Crippen molar-refractivity contribution < 1.29 is 0 Å². The molecule has 1 aromatic heterocycles. The van der Waals surface area contributed by atoms with Gasteiger partial charge in [0.15, 0.2) is 0 Å². The average Bonchev–Trinajstić information content (AvgIpc) is 3.05. The van der Waals surface area contributed by atoms with Gasteiger partial charge in [0.1, 0.15) is 0 Å². The van der Waals surface area contributed by atoms with Crippen LogP contribution in [0.5, 0.6) is 0 Å². The minimum atomic E-state index is 0.727. The van der Waals surface area contributed by atoms with Gasteiger partial charge >= 0.3 is 0 Å². The van der Waals surface area contributed by atoms with E-state index >= 15 is 0 Å². The summed E-state index contributed by atoms with van der Waals surface area (Å²) in [7, 11) is 0. The van der Waals surface area contributed by atoms with Gasteiger partial charge in [-0.2, -0.15) is 0 Å². The van der Waals surface area contributed by atoms with Gasteiger partial charge in [-0.3, -0.25) is 0 Å². The summed E-state index contributed by atoms with van der Waals surface area (Å²) in [5.41, 5.74) is 3.47. The zero-order valence-electron chi connectivity index (χ0n) is 13.2. The Labute approximate surface area is 131 Å². The molecule has 2 saturated heterocycles. The van der Waals surface area contributed by atoms with Crippen molar-refractivity contribution in [2.75, 3.05) is 36.0 Å². The summed E-state index contributed by atoms with van der Waals surface area (Å²) in [6, 6.07) is 12.8. The van der Waals surface area contributed by atoms with E-state index in [0.29, 0.717) is 0 Å². The molecule has 0 saturated carbocycles. The summed E-state index contributed by atoms with van der Waals surface area (Å²) < 4.78 is 0. The molecule has 0 bridgehead atoms. The number of anilines is 2. The molecule has 2 atom stereocenters.